The van der Waals surface area contributed by atoms with Gasteiger partial charge in [-0.15, -0.1) is 0 Å². The lowest BCUT2D eigenvalue weighted by atomic mass is 10.1. The summed E-state index contributed by atoms with van der Waals surface area (Å²) in [6.07, 6.45) is 1.61. The molecular weight excluding hydrogens is 362 g/mol. The second-order valence-corrected chi connectivity index (χ2v) is 6.64. The Morgan fingerprint density at radius 1 is 1.07 bits per heavy atom. The van der Waals surface area contributed by atoms with E-state index in [0.29, 0.717) is 18.1 Å². The molecule has 5 nitrogen and oxygen atoms in total. The monoisotopic (exact) mass is 381 g/mol. The van der Waals surface area contributed by atoms with Gasteiger partial charge in [0.05, 0.1) is 7.11 Å². The molecule has 1 heterocycles. The topological polar surface area (TPSA) is 56.6 Å². The highest BCUT2D eigenvalue weighted by Gasteiger charge is 2.23. The number of halogens is 1. The van der Waals surface area contributed by atoms with E-state index in [4.69, 9.17) is 16.3 Å². The van der Waals surface area contributed by atoms with E-state index in [1.54, 1.807) is 42.4 Å². The molecule has 1 aliphatic rings. The van der Waals surface area contributed by atoms with E-state index in [9.17, 15) is 10.1 Å². The minimum atomic E-state index is -0.234. The van der Waals surface area contributed by atoms with E-state index in [0.717, 1.165) is 30.1 Å². The highest BCUT2D eigenvalue weighted by atomic mass is 35.5. The molecule has 0 aromatic heterocycles. The molecule has 27 heavy (non-hydrogen) atoms. The minimum Gasteiger partial charge on any atom is -0.497 e. The van der Waals surface area contributed by atoms with Crippen LogP contribution in [0.3, 0.4) is 0 Å². The molecule has 1 aliphatic heterocycles. The zero-order chi connectivity index (χ0) is 19.2. The van der Waals surface area contributed by atoms with Crippen molar-refractivity contribution in [3.8, 4) is 11.8 Å². The summed E-state index contributed by atoms with van der Waals surface area (Å²) in [6, 6.07) is 16.9. The molecule has 0 saturated carbocycles. The molecule has 138 valence electrons. The van der Waals surface area contributed by atoms with Crippen LogP contribution in [-0.2, 0) is 4.79 Å². The fourth-order valence-electron chi connectivity index (χ4n) is 3.00. The lowest BCUT2D eigenvalue weighted by Gasteiger charge is -2.36. The molecule has 0 atom stereocenters. The normalized spacial score (nSPS) is 14.6. The molecule has 6 heteroatoms. The summed E-state index contributed by atoms with van der Waals surface area (Å²) in [5, 5.41) is 10.0. The average molecular weight is 382 g/mol. The van der Waals surface area contributed by atoms with Gasteiger partial charge in [-0.3, -0.25) is 4.79 Å². The number of methoxy groups -OCH3 is 1. The van der Waals surface area contributed by atoms with E-state index in [1.165, 1.54) is 0 Å². The van der Waals surface area contributed by atoms with E-state index in [2.05, 4.69) is 4.90 Å². The highest BCUT2D eigenvalue weighted by Crippen LogP contribution is 2.21. The van der Waals surface area contributed by atoms with Crippen LogP contribution in [-0.4, -0.2) is 44.1 Å². The molecule has 3 rings (SSSR count). The Morgan fingerprint density at radius 3 is 2.26 bits per heavy atom. The number of nitriles is 1. The number of nitrogens with zero attached hydrogens (tertiary/aromatic N) is 3. The number of carbonyl (C=O) groups is 1. The lowest BCUT2D eigenvalue weighted by molar-refractivity contribution is -0.126. The maximum atomic E-state index is 12.7. The largest absolute Gasteiger partial charge is 0.497 e. The van der Waals surface area contributed by atoms with Gasteiger partial charge in [-0.05, 0) is 48.0 Å². The lowest BCUT2D eigenvalue weighted by Crippen LogP contribution is -2.49. The Bertz CT molecular complexity index is 862. The van der Waals surface area contributed by atoms with Crippen molar-refractivity contribution in [1.82, 2.24) is 4.90 Å². The van der Waals surface area contributed by atoms with Gasteiger partial charge in [-0.1, -0.05) is 23.7 Å². The highest BCUT2D eigenvalue weighted by molar-refractivity contribution is 6.30. The van der Waals surface area contributed by atoms with Crippen LogP contribution >= 0.6 is 11.6 Å². The van der Waals surface area contributed by atoms with Gasteiger partial charge in [0, 0.05) is 36.9 Å². The smallest absolute Gasteiger partial charge is 0.264 e. The number of ether oxygens (including phenoxy) is 1. The molecule has 0 radical (unpaired) electrons. The molecule has 0 bridgehead atoms. The quantitative estimate of drug-likeness (QED) is 0.599. The van der Waals surface area contributed by atoms with Crippen LogP contribution < -0.4 is 9.64 Å². The number of benzene rings is 2. The summed E-state index contributed by atoms with van der Waals surface area (Å²) >= 11 is 5.87. The van der Waals surface area contributed by atoms with Crippen LogP contribution in [0.25, 0.3) is 6.08 Å². The predicted octanol–water partition coefficient (Wildman–Crippen LogP) is 3.60. The molecule has 0 spiro atoms. The molecule has 0 unspecified atom stereocenters. The number of piperazine rings is 1. The fraction of sp³-hybridized carbons (Fsp3) is 0.238. The van der Waals surface area contributed by atoms with Crippen LogP contribution in [0.1, 0.15) is 5.56 Å². The summed E-state index contributed by atoms with van der Waals surface area (Å²) < 4.78 is 5.18. The first-order valence-corrected chi connectivity index (χ1v) is 9.04. The minimum absolute atomic E-state index is 0.134. The average Bonchev–Trinajstić information content (AvgIpc) is 2.73. The zero-order valence-corrected chi connectivity index (χ0v) is 15.8. The van der Waals surface area contributed by atoms with Crippen molar-refractivity contribution in [2.45, 2.75) is 0 Å². The molecule has 1 fully saturated rings. The Morgan fingerprint density at radius 2 is 1.70 bits per heavy atom. The van der Waals surface area contributed by atoms with Crippen LogP contribution in [0.4, 0.5) is 5.69 Å². The SMILES string of the molecule is COc1ccc(N2CCN(C(=O)/C(C#N)=C/c3ccc(Cl)cc3)CC2)cc1. The zero-order valence-electron chi connectivity index (χ0n) is 15.1. The molecule has 0 N–H and O–H groups in total. The first-order valence-electron chi connectivity index (χ1n) is 8.66. The van der Waals surface area contributed by atoms with E-state index in [1.807, 2.05) is 30.3 Å². The number of carbonyl (C=O) groups excluding carboxylic acids is 1. The van der Waals surface area contributed by atoms with Crippen LogP contribution in [0.2, 0.25) is 5.02 Å². The van der Waals surface area contributed by atoms with Crippen molar-refractivity contribution in [2.75, 3.05) is 38.2 Å². The van der Waals surface area contributed by atoms with Gasteiger partial charge in [0.1, 0.15) is 17.4 Å². The summed E-state index contributed by atoms with van der Waals surface area (Å²) in [5.41, 5.74) is 2.01. The Hall–Kier alpha value is -2.97. The van der Waals surface area contributed by atoms with Gasteiger partial charge in [-0.25, -0.2) is 0 Å². The van der Waals surface area contributed by atoms with E-state index >= 15 is 0 Å². The summed E-state index contributed by atoms with van der Waals surface area (Å²) in [4.78, 5) is 16.6. The number of amides is 1. The number of anilines is 1. The molecule has 1 amide bonds. The number of rotatable bonds is 4. The predicted molar refractivity (Wildman–Crippen MR) is 107 cm³/mol. The van der Waals surface area contributed by atoms with Crippen molar-refractivity contribution < 1.29 is 9.53 Å². The van der Waals surface area contributed by atoms with E-state index in [-0.39, 0.29) is 11.5 Å². The van der Waals surface area contributed by atoms with E-state index < -0.39 is 0 Å². The van der Waals surface area contributed by atoms with Gasteiger partial charge in [-0.2, -0.15) is 5.26 Å². The molecule has 2 aromatic carbocycles. The number of hydrogen-bond acceptors (Lipinski definition) is 4. The van der Waals surface area contributed by atoms with Gasteiger partial charge in [0.2, 0.25) is 0 Å². The van der Waals surface area contributed by atoms with Gasteiger partial charge >= 0.3 is 0 Å². The van der Waals surface area contributed by atoms with Crippen molar-refractivity contribution >= 4 is 29.3 Å². The van der Waals surface area contributed by atoms with Crippen molar-refractivity contribution in [2.24, 2.45) is 0 Å². The van der Waals surface area contributed by atoms with Gasteiger partial charge in [0.25, 0.3) is 5.91 Å². The van der Waals surface area contributed by atoms with Crippen LogP contribution in [0, 0.1) is 11.3 Å². The van der Waals surface area contributed by atoms with Gasteiger partial charge in [0.15, 0.2) is 0 Å². The fourth-order valence-corrected chi connectivity index (χ4v) is 3.12. The maximum absolute atomic E-state index is 12.7. The summed E-state index contributed by atoms with van der Waals surface area (Å²) in [5.74, 6) is 0.584. The maximum Gasteiger partial charge on any atom is 0.264 e. The Kier molecular flexibility index (Phi) is 6.00. The van der Waals surface area contributed by atoms with Gasteiger partial charge < -0.3 is 14.5 Å². The molecule has 1 saturated heterocycles. The molecule has 0 aliphatic carbocycles. The van der Waals surface area contributed by atoms with Crippen LogP contribution in [0.5, 0.6) is 5.75 Å². The second-order valence-electron chi connectivity index (χ2n) is 6.20. The Balaban J connectivity index is 1.64. The summed E-state index contributed by atoms with van der Waals surface area (Å²) in [7, 11) is 1.64. The first kappa shape index (κ1) is 18.8. The molecule has 2 aromatic rings. The molecular formula is C21H20ClN3O2. The summed E-state index contributed by atoms with van der Waals surface area (Å²) in [6.45, 7) is 2.59. The number of hydrogen-bond donors (Lipinski definition) is 0. The third kappa shape index (κ3) is 4.60. The van der Waals surface area contributed by atoms with Crippen molar-refractivity contribution in [1.29, 1.82) is 5.26 Å². The van der Waals surface area contributed by atoms with Crippen molar-refractivity contribution in [3.05, 3.63) is 64.7 Å². The third-order valence-corrected chi connectivity index (χ3v) is 4.79. The van der Waals surface area contributed by atoms with Crippen molar-refractivity contribution in [3.63, 3.8) is 0 Å². The standard InChI is InChI=1S/C21H20ClN3O2/c1-27-20-8-6-19(7-9-20)24-10-12-25(13-11-24)21(26)17(15-23)14-16-2-4-18(22)5-3-16/h2-9,14H,10-13H2,1H3/b17-14+. The third-order valence-electron chi connectivity index (χ3n) is 4.54. The first-order chi connectivity index (χ1) is 13.1. The Labute approximate surface area is 164 Å². The van der Waals surface area contributed by atoms with Crippen LogP contribution in [0.15, 0.2) is 54.1 Å². The second kappa shape index (κ2) is 8.61.